The number of hydrogen-bond donors (Lipinski definition) is 2. The lowest BCUT2D eigenvalue weighted by atomic mass is 9.95. The Morgan fingerprint density at radius 3 is 1.05 bits per heavy atom. The van der Waals surface area contributed by atoms with E-state index in [9.17, 15) is 28.8 Å². The van der Waals surface area contributed by atoms with Crippen molar-refractivity contribution in [2.75, 3.05) is 0 Å². The monoisotopic (exact) mass is 588 g/mol. The summed E-state index contributed by atoms with van der Waals surface area (Å²) in [4.78, 5) is 75.4. The van der Waals surface area contributed by atoms with Crippen LogP contribution < -0.4 is 10.6 Å². The van der Waals surface area contributed by atoms with E-state index in [-0.39, 0.29) is 13.1 Å². The number of imide groups is 4. The van der Waals surface area contributed by atoms with Gasteiger partial charge in [-0.15, -0.1) is 0 Å². The zero-order valence-electron chi connectivity index (χ0n) is 23.5. The third-order valence-corrected chi connectivity index (χ3v) is 7.13. The van der Waals surface area contributed by atoms with E-state index in [0.29, 0.717) is 11.1 Å². The average Bonchev–Trinajstić information content (AvgIpc) is 3.03. The molecule has 2 heterocycles. The normalized spacial score (nSPS) is 18.3. The number of nitrogens with one attached hydrogen (secondary N) is 2. The Kier molecular flexibility index (Phi) is 9.00. The molecule has 2 N–H and O–H groups in total. The van der Waals surface area contributed by atoms with Gasteiger partial charge in [0.1, 0.15) is 11.8 Å². The van der Waals surface area contributed by atoms with Gasteiger partial charge in [-0.3, -0.25) is 39.6 Å². The van der Waals surface area contributed by atoms with Crippen LogP contribution in [0.15, 0.2) is 121 Å². The largest absolute Gasteiger partial charge is 0.331 e. The van der Waals surface area contributed by atoms with Gasteiger partial charge in [0, 0.05) is 0 Å². The van der Waals surface area contributed by atoms with Crippen LogP contribution in [-0.4, -0.2) is 45.5 Å². The van der Waals surface area contributed by atoms with Gasteiger partial charge in [0.05, 0.1) is 13.1 Å². The van der Waals surface area contributed by atoms with Gasteiger partial charge in [0.25, 0.3) is 0 Å². The van der Waals surface area contributed by atoms with E-state index in [1.165, 1.54) is 0 Å². The maximum atomic E-state index is 12.6. The molecular formula is C34H28N4O6. The highest BCUT2D eigenvalue weighted by molar-refractivity contribution is 6.20. The number of hydrogen-bond acceptors (Lipinski definition) is 6. The van der Waals surface area contributed by atoms with Crippen molar-refractivity contribution in [2.45, 2.75) is 24.9 Å². The first-order chi connectivity index (χ1) is 21.3. The summed E-state index contributed by atoms with van der Waals surface area (Å²) in [6.07, 6.45) is 0. The van der Waals surface area contributed by atoms with Crippen LogP contribution in [0.4, 0.5) is 9.59 Å². The molecule has 2 saturated heterocycles. The molecule has 10 nitrogen and oxygen atoms in total. The molecular weight excluding hydrogens is 560 g/mol. The first-order valence-electron chi connectivity index (χ1n) is 13.8. The highest BCUT2D eigenvalue weighted by Crippen LogP contribution is 2.25. The van der Waals surface area contributed by atoms with Crippen molar-refractivity contribution in [3.63, 3.8) is 0 Å². The molecule has 0 spiro atoms. The summed E-state index contributed by atoms with van der Waals surface area (Å²) < 4.78 is 0. The molecule has 44 heavy (non-hydrogen) atoms. The van der Waals surface area contributed by atoms with Crippen LogP contribution in [0.3, 0.4) is 0 Å². The predicted molar refractivity (Wildman–Crippen MR) is 159 cm³/mol. The van der Waals surface area contributed by atoms with Crippen LogP contribution in [0, 0.1) is 0 Å². The fourth-order valence-corrected chi connectivity index (χ4v) is 4.94. The quantitative estimate of drug-likeness (QED) is 0.326. The fraction of sp³-hybridized carbons (Fsp3) is 0.118. The lowest BCUT2D eigenvalue weighted by Crippen LogP contribution is -2.56. The SMILES string of the molecule is O=C1NC(=O)N(Cc2ccccc2)C(=O)C1c1ccccc1.O=C1NC(=O)N(Cc2ccccc2)C(=O)C1c1ccccc1. The van der Waals surface area contributed by atoms with Crippen LogP contribution in [-0.2, 0) is 32.3 Å². The summed E-state index contributed by atoms with van der Waals surface area (Å²) in [6.45, 7) is 0.282. The van der Waals surface area contributed by atoms with E-state index < -0.39 is 47.5 Å². The Balaban J connectivity index is 0.000000175. The van der Waals surface area contributed by atoms with Crippen molar-refractivity contribution in [3.8, 4) is 0 Å². The topological polar surface area (TPSA) is 133 Å². The summed E-state index contributed by atoms with van der Waals surface area (Å²) in [7, 11) is 0. The number of benzene rings is 4. The van der Waals surface area contributed by atoms with E-state index >= 15 is 0 Å². The second kappa shape index (κ2) is 13.4. The van der Waals surface area contributed by atoms with Gasteiger partial charge in [-0.2, -0.15) is 0 Å². The molecule has 8 amide bonds. The smallest absolute Gasteiger partial charge is 0.277 e. The minimum absolute atomic E-state index is 0.141. The summed E-state index contributed by atoms with van der Waals surface area (Å²) in [6, 6.07) is 34.5. The summed E-state index contributed by atoms with van der Waals surface area (Å²) in [5.74, 6) is -4.12. The Hall–Kier alpha value is -5.90. The Bertz CT molecular complexity index is 1550. The predicted octanol–water partition coefficient (Wildman–Crippen LogP) is 4.10. The van der Waals surface area contributed by atoms with Crippen LogP contribution in [0.1, 0.15) is 34.1 Å². The maximum Gasteiger partial charge on any atom is 0.331 e. The lowest BCUT2D eigenvalue weighted by Gasteiger charge is -2.30. The number of rotatable bonds is 6. The molecule has 6 rings (SSSR count). The van der Waals surface area contributed by atoms with Gasteiger partial charge < -0.3 is 0 Å². The van der Waals surface area contributed by atoms with Crippen LogP contribution in [0.25, 0.3) is 0 Å². The minimum atomic E-state index is -0.984. The van der Waals surface area contributed by atoms with Crippen molar-refractivity contribution < 1.29 is 28.8 Å². The molecule has 0 saturated carbocycles. The van der Waals surface area contributed by atoms with E-state index in [4.69, 9.17) is 0 Å². The maximum absolute atomic E-state index is 12.6. The minimum Gasteiger partial charge on any atom is -0.277 e. The highest BCUT2D eigenvalue weighted by atomic mass is 16.2. The van der Waals surface area contributed by atoms with Crippen LogP contribution >= 0.6 is 0 Å². The second-order valence-corrected chi connectivity index (χ2v) is 10.1. The summed E-state index contributed by atoms with van der Waals surface area (Å²) in [5.41, 5.74) is 2.81. The Morgan fingerprint density at radius 1 is 0.432 bits per heavy atom. The standard InChI is InChI=1S/2C17H14N2O3/c2*20-15-14(13-9-5-2-6-10-13)16(21)19(17(22)18-15)11-12-7-3-1-4-8-12/h2*1-10,14H,11H2,(H,18,20,22). The number of urea groups is 2. The zero-order chi connectivity index (χ0) is 31.1. The average molecular weight is 589 g/mol. The van der Waals surface area contributed by atoms with Gasteiger partial charge in [0.15, 0.2) is 0 Å². The van der Waals surface area contributed by atoms with E-state index in [0.717, 1.165) is 20.9 Å². The number of barbiturate groups is 2. The Morgan fingerprint density at radius 2 is 0.727 bits per heavy atom. The molecule has 2 unspecified atom stereocenters. The molecule has 4 aromatic carbocycles. The molecule has 0 bridgehead atoms. The second-order valence-electron chi connectivity index (χ2n) is 10.1. The summed E-state index contributed by atoms with van der Waals surface area (Å²) >= 11 is 0. The molecule has 0 radical (unpaired) electrons. The van der Waals surface area contributed by atoms with Gasteiger partial charge in [-0.1, -0.05) is 121 Å². The first-order valence-corrected chi connectivity index (χ1v) is 13.8. The molecule has 220 valence electrons. The van der Waals surface area contributed by atoms with Crippen LogP contribution in [0.5, 0.6) is 0 Å². The summed E-state index contributed by atoms with van der Waals surface area (Å²) in [5, 5.41) is 4.51. The Labute approximate surface area is 253 Å². The van der Waals surface area contributed by atoms with E-state index in [1.807, 2.05) is 72.8 Å². The zero-order valence-corrected chi connectivity index (χ0v) is 23.5. The third kappa shape index (κ3) is 6.60. The van der Waals surface area contributed by atoms with E-state index in [1.54, 1.807) is 48.5 Å². The van der Waals surface area contributed by atoms with Gasteiger partial charge >= 0.3 is 12.1 Å². The lowest BCUT2D eigenvalue weighted by molar-refractivity contribution is -0.140. The number of nitrogens with zero attached hydrogens (tertiary/aromatic N) is 2. The van der Waals surface area contributed by atoms with Crippen molar-refractivity contribution in [1.29, 1.82) is 0 Å². The molecule has 4 aromatic rings. The van der Waals surface area contributed by atoms with Crippen molar-refractivity contribution in [1.82, 2.24) is 20.4 Å². The van der Waals surface area contributed by atoms with Gasteiger partial charge in [0.2, 0.25) is 23.6 Å². The molecule has 0 aliphatic carbocycles. The van der Waals surface area contributed by atoms with E-state index in [2.05, 4.69) is 10.6 Å². The number of amides is 8. The molecule has 2 aliphatic rings. The first kappa shape index (κ1) is 29.6. The fourth-order valence-electron chi connectivity index (χ4n) is 4.94. The van der Waals surface area contributed by atoms with Crippen molar-refractivity contribution in [2.24, 2.45) is 0 Å². The molecule has 0 aromatic heterocycles. The molecule has 2 atom stereocenters. The molecule has 2 fully saturated rings. The molecule has 2 aliphatic heterocycles. The van der Waals surface area contributed by atoms with Gasteiger partial charge in [-0.05, 0) is 22.3 Å². The van der Waals surface area contributed by atoms with Crippen molar-refractivity contribution >= 4 is 35.7 Å². The third-order valence-electron chi connectivity index (χ3n) is 7.13. The van der Waals surface area contributed by atoms with Gasteiger partial charge in [-0.25, -0.2) is 9.59 Å². The number of carbonyl (C=O) groups is 6. The highest BCUT2D eigenvalue weighted by Gasteiger charge is 2.42. The molecule has 10 heteroatoms. The van der Waals surface area contributed by atoms with Crippen molar-refractivity contribution in [3.05, 3.63) is 144 Å². The van der Waals surface area contributed by atoms with Crippen LogP contribution in [0.2, 0.25) is 0 Å². The number of carbonyl (C=O) groups excluding carboxylic acids is 6.